The van der Waals surface area contributed by atoms with Crippen LogP contribution in [0, 0.1) is 0 Å². The van der Waals surface area contributed by atoms with Crippen molar-refractivity contribution in [1.82, 2.24) is 5.32 Å². The van der Waals surface area contributed by atoms with Gasteiger partial charge >= 0.3 is 6.09 Å². The molecule has 2 amide bonds. The quantitative estimate of drug-likeness (QED) is 0.266. The minimum absolute atomic E-state index is 0.116. The van der Waals surface area contributed by atoms with Crippen LogP contribution in [0.15, 0.2) is 125 Å². The smallest absolute Gasteiger partial charge is 0.408 e. The van der Waals surface area contributed by atoms with Crippen LogP contribution >= 0.6 is 0 Å². The van der Waals surface area contributed by atoms with Gasteiger partial charge in [0.05, 0.1) is 11.4 Å². The highest BCUT2D eigenvalue weighted by molar-refractivity contribution is 5.96. The number of nitrogens with zero attached hydrogens (tertiary/aromatic N) is 2. The molecular weight excluding hydrogens is 452 g/mol. The number of azo groups is 1. The van der Waals surface area contributed by atoms with Gasteiger partial charge in [0, 0.05) is 12.1 Å². The highest BCUT2D eigenvalue weighted by Gasteiger charge is 2.22. The Morgan fingerprint density at radius 2 is 1.19 bits per heavy atom. The van der Waals surface area contributed by atoms with Crippen LogP contribution in [0.2, 0.25) is 0 Å². The van der Waals surface area contributed by atoms with Gasteiger partial charge in [-0.3, -0.25) is 4.79 Å². The Kier molecular flexibility index (Phi) is 8.53. The van der Waals surface area contributed by atoms with E-state index in [1.54, 1.807) is 24.3 Å². The number of carbonyl (C=O) groups is 2. The van der Waals surface area contributed by atoms with Crippen LogP contribution in [-0.4, -0.2) is 18.0 Å². The second-order valence-electron chi connectivity index (χ2n) is 8.02. The number of anilines is 1. The molecule has 4 rings (SSSR count). The summed E-state index contributed by atoms with van der Waals surface area (Å²) in [6, 6.07) is 34.5. The maximum atomic E-state index is 13.1. The number of amides is 2. The monoisotopic (exact) mass is 478 g/mol. The molecule has 1 unspecified atom stereocenters. The lowest BCUT2D eigenvalue weighted by atomic mass is 10.1. The SMILES string of the molecule is O=C(NC(Cc1ccccc1)C(=O)Nc1ccc(N=Nc2ccccc2)cc1)OCc1ccccc1. The van der Waals surface area contributed by atoms with Gasteiger partial charge in [-0.15, -0.1) is 0 Å². The first-order valence-corrected chi connectivity index (χ1v) is 11.5. The second-order valence-corrected chi connectivity index (χ2v) is 8.02. The van der Waals surface area contributed by atoms with Crippen molar-refractivity contribution in [2.45, 2.75) is 19.1 Å². The molecule has 0 spiro atoms. The Balaban J connectivity index is 1.39. The summed E-state index contributed by atoms with van der Waals surface area (Å²) in [6.45, 7) is 0.116. The van der Waals surface area contributed by atoms with E-state index in [4.69, 9.17) is 4.74 Å². The Morgan fingerprint density at radius 1 is 0.667 bits per heavy atom. The number of carbonyl (C=O) groups excluding carboxylic acids is 2. The maximum absolute atomic E-state index is 13.1. The van der Waals surface area contributed by atoms with E-state index in [9.17, 15) is 9.59 Å². The number of nitrogens with one attached hydrogen (secondary N) is 2. The number of alkyl carbamates (subject to hydrolysis) is 1. The lowest BCUT2D eigenvalue weighted by molar-refractivity contribution is -0.118. The Bertz CT molecular complexity index is 1280. The van der Waals surface area contributed by atoms with Crippen molar-refractivity contribution < 1.29 is 14.3 Å². The first-order valence-electron chi connectivity index (χ1n) is 11.5. The Labute approximate surface area is 209 Å². The van der Waals surface area contributed by atoms with Crippen LogP contribution in [-0.2, 0) is 22.6 Å². The fraction of sp³-hybridized carbons (Fsp3) is 0.103. The van der Waals surface area contributed by atoms with Gasteiger partial charge in [0.1, 0.15) is 12.6 Å². The van der Waals surface area contributed by atoms with Crippen LogP contribution in [0.1, 0.15) is 11.1 Å². The van der Waals surface area contributed by atoms with Gasteiger partial charge in [0.2, 0.25) is 5.91 Å². The number of hydrogen-bond acceptors (Lipinski definition) is 5. The van der Waals surface area contributed by atoms with Crippen molar-refractivity contribution >= 4 is 29.1 Å². The minimum atomic E-state index is -0.826. The van der Waals surface area contributed by atoms with Crippen molar-refractivity contribution in [2.24, 2.45) is 10.2 Å². The number of hydrogen-bond donors (Lipinski definition) is 2. The molecule has 0 aliphatic heterocycles. The second kappa shape index (κ2) is 12.6. The molecule has 0 bridgehead atoms. The fourth-order valence-corrected chi connectivity index (χ4v) is 3.42. The predicted octanol–water partition coefficient (Wildman–Crippen LogP) is 6.58. The average molecular weight is 479 g/mol. The van der Waals surface area contributed by atoms with Crippen LogP contribution in [0.3, 0.4) is 0 Å². The molecule has 2 N–H and O–H groups in total. The zero-order valence-corrected chi connectivity index (χ0v) is 19.6. The van der Waals surface area contributed by atoms with E-state index in [-0.39, 0.29) is 12.5 Å². The molecule has 0 saturated heterocycles. The van der Waals surface area contributed by atoms with Crippen molar-refractivity contribution in [3.8, 4) is 0 Å². The first kappa shape index (κ1) is 24.3. The maximum Gasteiger partial charge on any atom is 0.408 e. The van der Waals surface area contributed by atoms with Gasteiger partial charge in [-0.25, -0.2) is 4.79 Å². The van der Waals surface area contributed by atoms with E-state index < -0.39 is 12.1 Å². The summed E-state index contributed by atoms with van der Waals surface area (Å²) in [7, 11) is 0. The Hall–Kier alpha value is -4.78. The molecule has 0 aromatic heterocycles. The molecular formula is C29H26N4O3. The summed E-state index contributed by atoms with van der Waals surface area (Å²) < 4.78 is 5.32. The summed E-state index contributed by atoms with van der Waals surface area (Å²) in [5.74, 6) is -0.353. The summed E-state index contributed by atoms with van der Waals surface area (Å²) >= 11 is 0. The Morgan fingerprint density at radius 3 is 1.81 bits per heavy atom. The van der Waals surface area contributed by atoms with Crippen LogP contribution in [0.5, 0.6) is 0 Å². The molecule has 180 valence electrons. The van der Waals surface area contributed by atoms with E-state index >= 15 is 0 Å². The molecule has 7 nitrogen and oxygen atoms in total. The first-order chi connectivity index (χ1) is 17.7. The summed E-state index contributed by atoms with van der Waals surface area (Å²) in [5, 5.41) is 14.0. The molecule has 0 fully saturated rings. The van der Waals surface area contributed by atoms with Gasteiger partial charge in [-0.05, 0) is 47.5 Å². The lowest BCUT2D eigenvalue weighted by Gasteiger charge is -2.18. The molecule has 4 aromatic carbocycles. The highest BCUT2D eigenvalue weighted by Crippen LogP contribution is 2.20. The summed E-state index contributed by atoms with van der Waals surface area (Å²) in [6.07, 6.45) is -0.345. The molecule has 0 aliphatic carbocycles. The van der Waals surface area contributed by atoms with Crippen molar-refractivity contribution in [3.63, 3.8) is 0 Å². The topological polar surface area (TPSA) is 92.2 Å². The lowest BCUT2D eigenvalue weighted by Crippen LogP contribution is -2.45. The molecule has 0 aliphatic rings. The largest absolute Gasteiger partial charge is 0.445 e. The third-order valence-electron chi connectivity index (χ3n) is 5.28. The third kappa shape index (κ3) is 7.63. The van der Waals surface area contributed by atoms with E-state index in [0.29, 0.717) is 17.8 Å². The van der Waals surface area contributed by atoms with Gasteiger partial charge in [-0.2, -0.15) is 10.2 Å². The molecule has 0 heterocycles. The average Bonchev–Trinajstić information content (AvgIpc) is 2.93. The zero-order chi connectivity index (χ0) is 25.0. The molecule has 4 aromatic rings. The van der Waals surface area contributed by atoms with Gasteiger partial charge < -0.3 is 15.4 Å². The van der Waals surface area contributed by atoms with Crippen molar-refractivity contribution in [1.29, 1.82) is 0 Å². The molecule has 0 radical (unpaired) electrons. The third-order valence-corrected chi connectivity index (χ3v) is 5.28. The predicted molar refractivity (Wildman–Crippen MR) is 139 cm³/mol. The molecule has 1 atom stereocenters. The van der Waals surface area contributed by atoms with Crippen molar-refractivity contribution in [2.75, 3.05) is 5.32 Å². The van der Waals surface area contributed by atoms with E-state index in [1.807, 2.05) is 91.0 Å². The normalized spacial score (nSPS) is 11.6. The standard InChI is InChI=1S/C29H26N4O3/c34-28(30-24-16-18-26(19-17-24)33-32-25-14-8-3-9-15-25)27(20-22-10-4-1-5-11-22)31-29(35)36-21-23-12-6-2-7-13-23/h1-19,27H,20-21H2,(H,30,34)(H,31,35). The molecule has 7 heteroatoms. The number of benzene rings is 4. The minimum Gasteiger partial charge on any atom is -0.445 e. The zero-order valence-electron chi connectivity index (χ0n) is 19.6. The summed E-state index contributed by atoms with van der Waals surface area (Å²) in [4.78, 5) is 25.6. The summed E-state index contributed by atoms with van der Waals surface area (Å²) in [5.41, 5.74) is 3.76. The van der Waals surface area contributed by atoms with Crippen LogP contribution in [0.25, 0.3) is 0 Å². The van der Waals surface area contributed by atoms with Gasteiger partial charge in [-0.1, -0.05) is 78.9 Å². The fourth-order valence-electron chi connectivity index (χ4n) is 3.42. The van der Waals surface area contributed by atoms with Gasteiger partial charge in [0.25, 0.3) is 0 Å². The van der Waals surface area contributed by atoms with Crippen LogP contribution in [0.4, 0.5) is 21.9 Å². The van der Waals surface area contributed by atoms with Crippen molar-refractivity contribution in [3.05, 3.63) is 126 Å². The van der Waals surface area contributed by atoms with Gasteiger partial charge in [0.15, 0.2) is 0 Å². The number of ether oxygens (including phenoxy) is 1. The molecule has 0 saturated carbocycles. The molecule has 36 heavy (non-hydrogen) atoms. The van der Waals surface area contributed by atoms with E-state index in [1.165, 1.54) is 0 Å². The number of rotatable bonds is 9. The van der Waals surface area contributed by atoms with E-state index in [2.05, 4.69) is 20.9 Å². The highest BCUT2D eigenvalue weighted by atomic mass is 16.5. The van der Waals surface area contributed by atoms with Crippen LogP contribution < -0.4 is 10.6 Å². The van der Waals surface area contributed by atoms with E-state index in [0.717, 1.165) is 16.8 Å².